The topological polar surface area (TPSA) is 307 Å². The molecule has 84 heavy (non-hydrogen) atoms. The first-order valence-corrected chi connectivity index (χ1v) is 31.8. The van der Waals surface area contributed by atoms with Crippen molar-refractivity contribution in [3.63, 3.8) is 0 Å². The molecule has 0 saturated carbocycles. The van der Waals surface area contributed by atoms with E-state index in [-0.39, 0.29) is 18.9 Å². The van der Waals surface area contributed by atoms with Crippen molar-refractivity contribution >= 4 is 5.91 Å². The highest BCUT2D eigenvalue weighted by Gasteiger charge is 2.53. The van der Waals surface area contributed by atoms with Crippen molar-refractivity contribution in [1.82, 2.24) is 5.32 Å². The average molecular weight is 1190 g/mol. The fraction of sp³-hybridized carbons (Fsp3) is 0.769. The smallest absolute Gasteiger partial charge is 0.220 e. The number of hydrogen-bond acceptors (Lipinski definition) is 18. The fourth-order valence-corrected chi connectivity index (χ4v) is 10.3. The first-order chi connectivity index (χ1) is 40.8. The zero-order valence-corrected chi connectivity index (χ0v) is 50.6. The van der Waals surface area contributed by atoms with Crippen molar-refractivity contribution in [3.8, 4) is 0 Å². The number of hydrogen-bond donors (Lipinski definition) is 12. The van der Waals surface area contributed by atoms with Crippen LogP contribution in [0, 0.1) is 0 Å². The van der Waals surface area contributed by atoms with E-state index in [1.807, 2.05) is 0 Å². The molecule has 0 aliphatic carbocycles. The van der Waals surface area contributed by atoms with Gasteiger partial charge in [-0.3, -0.25) is 4.79 Å². The number of nitrogens with one attached hydrogen (secondary N) is 1. The molecule has 17 atom stereocenters. The quantitative estimate of drug-likeness (QED) is 0.0221. The third-order valence-electron chi connectivity index (χ3n) is 15.5. The molecule has 0 spiro atoms. The Morgan fingerprint density at radius 1 is 0.440 bits per heavy atom. The number of allylic oxidation sites excluding steroid dienone is 14. The maximum Gasteiger partial charge on any atom is 0.220 e. The summed E-state index contributed by atoms with van der Waals surface area (Å²) in [4.78, 5) is 13.2. The molecule has 17 unspecified atom stereocenters. The number of rotatable bonds is 46. The molecule has 3 saturated heterocycles. The third-order valence-corrected chi connectivity index (χ3v) is 15.5. The van der Waals surface area contributed by atoms with E-state index in [2.05, 4.69) is 104 Å². The molecule has 0 aromatic carbocycles. The van der Waals surface area contributed by atoms with E-state index in [0.717, 1.165) is 89.9 Å². The number of amides is 1. The van der Waals surface area contributed by atoms with Gasteiger partial charge < -0.3 is 89.9 Å². The summed E-state index contributed by atoms with van der Waals surface area (Å²) in [6.07, 6.45) is 32.2. The summed E-state index contributed by atoms with van der Waals surface area (Å²) in [7, 11) is 0. The van der Waals surface area contributed by atoms with Gasteiger partial charge in [-0.15, -0.1) is 0 Å². The lowest BCUT2D eigenvalue weighted by Gasteiger charge is -2.48. The van der Waals surface area contributed by atoms with Crippen LogP contribution in [0.2, 0.25) is 0 Å². The van der Waals surface area contributed by atoms with Gasteiger partial charge in [0.2, 0.25) is 5.91 Å². The van der Waals surface area contributed by atoms with Crippen LogP contribution < -0.4 is 5.32 Å². The van der Waals surface area contributed by atoms with E-state index in [9.17, 15) is 61.0 Å². The second kappa shape index (κ2) is 47.0. The molecular weight excluding hydrogens is 1080 g/mol. The lowest BCUT2D eigenvalue weighted by molar-refractivity contribution is -0.379. The van der Waals surface area contributed by atoms with Crippen molar-refractivity contribution in [1.29, 1.82) is 0 Å². The summed E-state index contributed by atoms with van der Waals surface area (Å²) < 4.78 is 34.1. The largest absolute Gasteiger partial charge is 0.394 e. The Bertz CT molecular complexity index is 1860. The zero-order chi connectivity index (χ0) is 61.2. The molecule has 3 aliphatic rings. The van der Waals surface area contributed by atoms with E-state index in [1.54, 1.807) is 0 Å². The SMILES string of the molecule is CC/C=C\C/C=C\C/C=C\C/C=C\C/C=C\C/C=C\C/C=C\CCCCCCCCCCCCCCCC(=O)NC(COC1OC(CO)C(OC2OC(CO)C(OC3OC(CO)C(O)C(O)C3O)C(O)C2O)C(O)C1O)C(O)CCCCCC. The van der Waals surface area contributed by atoms with Crippen LogP contribution in [0.3, 0.4) is 0 Å². The molecule has 12 N–H and O–H groups in total. The Morgan fingerprint density at radius 3 is 1.27 bits per heavy atom. The Kier molecular flexibility index (Phi) is 42.1. The van der Waals surface area contributed by atoms with Crippen molar-refractivity contribution < 1.29 is 89.4 Å². The van der Waals surface area contributed by atoms with Crippen LogP contribution in [0.5, 0.6) is 0 Å². The van der Waals surface area contributed by atoms with E-state index in [4.69, 9.17) is 28.4 Å². The van der Waals surface area contributed by atoms with Crippen molar-refractivity contribution in [2.24, 2.45) is 0 Å². The molecular formula is C65H111NO18. The molecule has 19 nitrogen and oxygen atoms in total. The van der Waals surface area contributed by atoms with Gasteiger partial charge in [0, 0.05) is 6.42 Å². The van der Waals surface area contributed by atoms with Gasteiger partial charge in [0.15, 0.2) is 18.9 Å². The summed E-state index contributed by atoms with van der Waals surface area (Å²) in [6.45, 7) is 1.51. The Morgan fingerprint density at radius 2 is 0.821 bits per heavy atom. The third kappa shape index (κ3) is 29.8. The van der Waals surface area contributed by atoms with E-state index in [0.29, 0.717) is 19.3 Å². The Balaban J connectivity index is 1.27. The lowest BCUT2D eigenvalue weighted by Crippen LogP contribution is -2.66. The number of unbranched alkanes of at least 4 members (excludes halogenated alkanes) is 16. The first-order valence-electron chi connectivity index (χ1n) is 31.8. The minimum atomic E-state index is -1.97. The molecule has 3 aliphatic heterocycles. The highest BCUT2D eigenvalue weighted by atomic mass is 16.8. The molecule has 19 heteroatoms. The monoisotopic (exact) mass is 1190 g/mol. The molecule has 0 aromatic heterocycles. The van der Waals surface area contributed by atoms with Gasteiger partial charge in [-0.25, -0.2) is 0 Å². The van der Waals surface area contributed by atoms with Crippen LogP contribution in [0.15, 0.2) is 85.1 Å². The van der Waals surface area contributed by atoms with E-state index < -0.39 is 124 Å². The second-order valence-electron chi connectivity index (χ2n) is 22.5. The fourth-order valence-electron chi connectivity index (χ4n) is 10.3. The molecule has 1 amide bonds. The highest BCUT2D eigenvalue weighted by Crippen LogP contribution is 2.33. The molecule has 3 rings (SSSR count). The van der Waals surface area contributed by atoms with Gasteiger partial charge in [-0.1, -0.05) is 195 Å². The predicted octanol–water partition coefficient (Wildman–Crippen LogP) is 6.76. The van der Waals surface area contributed by atoms with Crippen molar-refractivity contribution in [2.45, 2.75) is 291 Å². The Labute approximate surface area is 501 Å². The van der Waals surface area contributed by atoms with Crippen LogP contribution in [0.25, 0.3) is 0 Å². The van der Waals surface area contributed by atoms with Gasteiger partial charge in [0.1, 0.15) is 73.2 Å². The maximum atomic E-state index is 13.2. The molecule has 0 aromatic rings. The molecule has 3 heterocycles. The van der Waals surface area contributed by atoms with Crippen LogP contribution in [-0.2, 0) is 33.2 Å². The van der Waals surface area contributed by atoms with Crippen LogP contribution >= 0.6 is 0 Å². The van der Waals surface area contributed by atoms with Crippen molar-refractivity contribution in [3.05, 3.63) is 85.1 Å². The lowest BCUT2D eigenvalue weighted by atomic mass is 9.96. The van der Waals surface area contributed by atoms with E-state index in [1.165, 1.54) is 57.8 Å². The number of aliphatic hydroxyl groups is 11. The van der Waals surface area contributed by atoms with Crippen LogP contribution in [0.4, 0.5) is 0 Å². The minimum Gasteiger partial charge on any atom is -0.394 e. The number of carbonyl (C=O) groups is 1. The van der Waals surface area contributed by atoms with Gasteiger partial charge in [-0.05, 0) is 70.6 Å². The standard InChI is InChI=1S/C65H111NO18/c1-3-5-7-9-10-11-12-13-14-15-16-17-18-19-20-21-22-23-24-25-26-27-28-29-30-31-32-33-34-35-36-37-38-39-41-43-53(71)66-48(49(70)42-40-8-6-4-2)47-79-63-59(77)56(74)61(51(45-68)81-63)84-65-60(78)57(75)62(52(46-69)82-65)83-64-58(76)55(73)54(72)50(44-67)80-64/h5,7,10-11,13-14,16-17,19-20,22-23,25-26,48-52,54-65,67-70,72-78H,3-4,6,8-9,12,15,18,21,24,27-47H2,1-2H3,(H,66,71)/b7-5-,11-10-,14-13-,17-16-,20-19-,23-22-,26-25-. The van der Waals surface area contributed by atoms with Gasteiger partial charge in [0.05, 0.1) is 38.6 Å². The number of carbonyl (C=O) groups excluding carboxylic acids is 1. The summed E-state index contributed by atoms with van der Waals surface area (Å²) in [5.41, 5.74) is 0. The second-order valence-corrected chi connectivity index (χ2v) is 22.5. The normalized spacial score (nSPS) is 29.8. The van der Waals surface area contributed by atoms with Gasteiger partial charge in [0.25, 0.3) is 0 Å². The summed E-state index contributed by atoms with van der Waals surface area (Å²) in [5.74, 6) is -0.258. The van der Waals surface area contributed by atoms with Crippen LogP contribution in [0.1, 0.15) is 187 Å². The molecule has 0 radical (unpaired) electrons. The zero-order valence-electron chi connectivity index (χ0n) is 50.6. The average Bonchev–Trinajstić information content (AvgIpc) is 3.52. The molecule has 0 bridgehead atoms. The summed E-state index contributed by atoms with van der Waals surface area (Å²) in [5, 5.41) is 120. The van der Waals surface area contributed by atoms with Crippen LogP contribution in [-0.4, -0.2) is 193 Å². The van der Waals surface area contributed by atoms with Gasteiger partial charge >= 0.3 is 0 Å². The van der Waals surface area contributed by atoms with Gasteiger partial charge in [-0.2, -0.15) is 0 Å². The van der Waals surface area contributed by atoms with E-state index >= 15 is 0 Å². The minimum absolute atomic E-state index is 0.258. The summed E-state index contributed by atoms with van der Waals surface area (Å²) in [6, 6.07) is -0.887. The Hall–Kier alpha value is -3.03. The first kappa shape index (κ1) is 75.2. The summed E-state index contributed by atoms with van der Waals surface area (Å²) >= 11 is 0. The molecule has 3 fully saturated rings. The van der Waals surface area contributed by atoms with Crippen molar-refractivity contribution in [2.75, 3.05) is 26.4 Å². The number of ether oxygens (including phenoxy) is 6. The number of aliphatic hydroxyl groups excluding tert-OH is 11. The highest BCUT2D eigenvalue weighted by molar-refractivity contribution is 5.76. The maximum absolute atomic E-state index is 13.2. The predicted molar refractivity (Wildman–Crippen MR) is 323 cm³/mol. The molecule has 484 valence electrons.